The van der Waals surface area contributed by atoms with E-state index in [0.717, 1.165) is 83.0 Å². The summed E-state index contributed by atoms with van der Waals surface area (Å²) in [5.74, 6) is 1.57. The maximum absolute atomic E-state index is 12.2. The van der Waals surface area contributed by atoms with Gasteiger partial charge in [0.25, 0.3) is 0 Å². The molecule has 1 N–H and O–H groups in total. The molecule has 2 aromatic rings. The summed E-state index contributed by atoms with van der Waals surface area (Å²) in [7, 11) is 0. The van der Waals surface area contributed by atoms with Crippen LogP contribution in [-0.2, 0) is 32.2 Å². The Hall–Kier alpha value is -2.60. The van der Waals surface area contributed by atoms with Crippen LogP contribution < -0.4 is 15.6 Å². The highest BCUT2D eigenvalue weighted by molar-refractivity contribution is 5.75. The molecule has 0 aromatic carbocycles. The molecule has 1 saturated carbocycles. The molecule has 3 fully saturated rings. The van der Waals surface area contributed by atoms with Crippen LogP contribution in [0, 0.1) is 5.92 Å². The van der Waals surface area contributed by atoms with Crippen LogP contribution in [0.15, 0.2) is 43.1 Å². The molecule has 2 aliphatic heterocycles. The summed E-state index contributed by atoms with van der Waals surface area (Å²) in [5.41, 5.74) is -0.604. The third-order valence-electron chi connectivity index (χ3n) is 7.07. The summed E-state index contributed by atoms with van der Waals surface area (Å²) in [4.78, 5) is 23.3. The van der Waals surface area contributed by atoms with E-state index in [2.05, 4.69) is 6.92 Å². The minimum absolute atomic E-state index is 0. The van der Waals surface area contributed by atoms with E-state index < -0.39 is 11.2 Å². The maximum atomic E-state index is 12.2. The lowest BCUT2D eigenvalue weighted by molar-refractivity contribution is -0.171. The van der Waals surface area contributed by atoms with Crippen molar-refractivity contribution in [3.05, 3.63) is 56.6 Å². The minimum Gasteiger partial charge on any atom is -0.502 e. The quantitative estimate of drug-likeness (QED) is 0.457. The van der Waals surface area contributed by atoms with Gasteiger partial charge in [0, 0.05) is 33.8 Å². The Morgan fingerprint density at radius 1 is 0.775 bits per heavy atom. The van der Waals surface area contributed by atoms with E-state index in [-0.39, 0.29) is 45.7 Å². The van der Waals surface area contributed by atoms with Gasteiger partial charge in [0.05, 0.1) is 6.10 Å². The molecule has 4 heterocycles. The summed E-state index contributed by atoms with van der Waals surface area (Å²) >= 11 is 0. The van der Waals surface area contributed by atoms with E-state index in [4.69, 9.17) is 37.6 Å². The van der Waals surface area contributed by atoms with Gasteiger partial charge < -0.3 is 37.6 Å². The van der Waals surface area contributed by atoms with Gasteiger partial charge in [-0.15, -0.1) is 0 Å². The number of rotatable bonds is 8. The molecule has 0 bridgehead atoms. The monoisotopic (exact) mass is 559 g/mol. The zero-order valence-corrected chi connectivity index (χ0v) is 23.2. The molecule has 2 atom stereocenters. The lowest BCUT2D eigenvalue weighted by Gasteiger charge is -2.26. The molecule has 219 valence electrons. The number of hydrogen-bond donors (Lipinski definition) is 1. The highest BCUT2D eigenvalue weighted by Gasteiger charge is 2.21. The fourth-order valence-electron chi connectivity index (χ4n) is 4.68. The van der Waals surface area contributed by atoms with E-state index in [1.54, 1.807) is 0 Å². The van der Waals surface area contributed by atoms with Gasteiger partial charge in [0.2, 0.25) is 16.6 Å². The fourth-order valence-corrected chi connectivity index (χ4v) is 4.68. The largest absolute Gasteiger partial charge is 0.502 e. The maximum Gasteiger partial charge on any atom is 0.227 e. The third kappa shape index (κ3) is 10.4. The normalized spacial score (nSPS) is 24.7. The molecule has 0 amide bonds. The topological polar surface area (TPSA) is 127 Å². The van der Waals surface area contributed by atoms with Crippen molar-refractivity contribution in [2.75, 3.05) is 13.2 Å². The smallest absolute Gasteiger partial charge is 0.227 e. The Morgan fingerprint density at radius 2 is 1.32 bits per heavy atom. The zero-order valence-electron chi connectivity index (χ0n) is 23.2. The van der Waals surface area contributed by atoms with Crippen molar-refractivity contribution in [3.8, 4) is 11.5 Å². The second kappa shape index (κ2) is 16.6. The van der Waals surface area contributed by atoms with Crippen molar-refractivity contribution < 1.29 is 37.6 Å². The third-order valence-corrected chi connectivity index (χ3v) is 7.07. The molecular weight excluding hydrogens is 519 g/mol. The molecule has 10 nitrogen and oxygen atoms in total. The first-order valence-electron chi connectivity index (χ1n) is 14.0. The van der Waals surface area contributed by atoms with Crippen molar-refractivity contribution in [2.45, 2.75) is 103 Å². The van der Waals surface area contributed by atoms with Gasteiger partial charge in [0.1, 0.15) is 37.3 Å². The average molecular weight is 559 g/mol. The van der Waals surface area contributed by atoms with Crippen molar-refractivity contribution in [1.29, 1.82) is 0 Å². The molecule has 3 radical (unpaired) electrons. The van der Waals surface area contributed by atoms with Crippen molar-refractivity contribution in [1.82, 2.24) is 0 Å². The van der Waals surface area contributed by atoms with Gasteiger partial charge in [-0.25, -0.2) is 0 Å². The lowest BCUT2D eigenvalue weighted by atomic mass is 9.89. The van der Waals surface area contributed by atoms with Gasteiger partial charge in [-0.2, -0.15) is 0 Å². The molecular formula is C29H40BO10. The molecule has 2 aromatic heterocycles. The van der Waals surface area contributed by atoms with Crippen molar-refractivity contribution in [3.63, 3.8) is 0 Å². The fraction of sp³-hybridized carbons (Fsp3) is 0.655. The Kier molecular flexibility index (Phi) is 13.3. The number of ether oxygens (including phenoxy) is 5. The summed E-state index contributed by atoms with van der Waals surface area (Å²) in [6.07, 6.45) is 12.6. The number of hydrogen-bond acceptors (Lipinski definition) is 10. The van der Waals surface area contributed by atoms with E-state index in [9.17, 15) is 9.59 Å². The first-order chi connectivity index (χ1) is 19.0. The van der Waals surface area contributed by atoms with Crippen LogP contribution in [0.5, 0.6) is 11.5 Å². The Balaban J connectivity index is 0.000000229. The van der Waals surface area contributed by atoms with E-state index >= 15 is 0 Å². The summed E-state index contributed by atoms with van der Waals surface area (Å²) in [5, 5.41) is 8.99. The molecule has 2 saturated heterocycles. The van der Waals surface area contributed by atoms with E-state index in [1.807, 2.05) is 0 Å². The van der Waals surface area contributed by atoms with Crippen LogP contribution in [0.2, 0.25) is 0 Å². The Morgan fingerprint density at radius 3 is 1.82 bits per heavy atom. The van der Waals surface area contributed by atoms with Crippen LogP contribution in [0.4, 0.5) is 0 Å². The molecule has 2 unspecified atom stereocenters. The first kappa shape index (κ1) is 31.9. The van der Waals surface area contributed by atoms with E-state index in [1.165, 1.54) is 18.4 Å². The van der Waals surface area contributed by atoms with Crippen LogP contribution in [0.1, 0.15) is 82.7 Å². The van der Waals surface area contributed by atoms with Gasteiger partial charge in [-0.3, -0.25) is 9.59 Å². The molecule has 3 aliphatic rings. The zero-order chi connectivity index (χ0) is 27.5. The minimum atomic E-state index is -0.464. The second-order valence-corrected chi connectivity index (χ2v) is 10.4. The predicted molar refractivity (Wildman–Crippen MR) is 146 cm³/mol. The molecule has 0 spiro atoms. The highest BCUT2D eigenvalue weighted by Crippen LogP contribution is 2.26. The molecule has 11 heteroatoms. The van der Waals surface area contributed by atoms with Gasteiger partial charge >= 0.3 is 0 Å². The molecule has 1 aliphatic carbocycles. The van der Waals surface area contributed by atoms with Crippen molar-refractivity contribution in [2.24, 2.45) is 5.92 Å². The predicted octanol–water partition coefficient (Wildman–Crippen LogP) is 4.65. The Labute approximate surface area is 236 Å². The molecule has 5 rings (SSSR count). The second-order valence-electron chi connectivity index (χ2n) is 10.4. The highest BCUT2D eigenvalue weighted by atomic mass is 16.7. The Bertz CT molecular complexity index is 1110. The molecule has 40 heavy (non-hydrogen) atoms. The summed E-state index contributed by atoms with van der Waals surface area (Å²) in [6, 6.07) is 2.68. The van der Waals surface area contributed by atoms with Crippen LogP contribution in [0.25, 0.3) is 0 Å². The summed E-state index contributed by atoms with van der Waals surface area (Å²) < 4.78 is 38.2. The number of aromatic hydroxyl groups is 1. The van der Waals surface area contributed by atoms with Crippen LogP contribution in [0.3, 0.4) is 0 Å². The average Bonchev–Trinajstić information content (AvgIpc) is 2.96. The van der Waals surface area contributed by atoms with Gasteiger partial charge in [0.15, 0.2) is 18.3 Å². The lowest BCUT2D eigenvalue weighted by Crippen LogP contribution is -2.25. The van der Waals surface area contributed by atoms with Crippen molar-refractivity contribution >= 4 is 8.41 Å². The van der Waals surface area contributed by atoms with Crippen LogP contribution in [-0.4, -0.2) is 45.4 Å². The van der Waals surface area contributed by atoms with Crippen LogP contribution >= 0.6 is 0 Å². The SMILES string of the molecule is CC1CCC(Oc2coc(COC3CCCCO3)cc2=O)CC1.O=c1cc(COC2CCCCO2)occ1O.[B]. The van der Waals surface area contributed by atoms with E-state index in [0.29, 0.717) is 23.9 Å². The van der Waals surface area contributed by atoms with Gasteiger partial charge in [-0.1, -0.05) is 6.92 Å². The summed E-state index contributed by atoms with van der Waals surface area (Å²) in [6.45, 7) is 4.14. The standard InChI is InChI=1S/C18H26O5.C11H14O5.B/c1-13-5-7-14(8-6-13)23-17-12-21-15(10-16(17)19)11-22-18-4-2-3-9-20-18;12-9-5-8(15-7-10(9)13)6-16-11-3-1-2-4-14-11;/h10,12-14,18H,2-9,11H2,1H3;5,7,11,13H,1-4,6H2;. The first-order valence-corrected chi connectivity index (χ1v) is 14.0. The van der Waals surface area contributed by atoms with Gasteiger partial charge in [-0.05, 0) is 70.1 Å².